The number of benzene rings is 1. The van der Waals surface area contributed by atoms with Gasteiger partial charge in [-0.25, -0.2) is 9.37 Å². The van der Waals surface area contributed by atoms with E-state index in [0.29, 0.717) is 5.02 Å². The lowest BCUT2D eigenvalue weighted by molar-refractivity contribution is 0.0947. The van der Waals surface area contributed by atoms with Gasteiger partial charge in [0.1, 0.15) is 0 Å². The SMILES string of the molecule is CNc1nccc(C(=O)NCc2cccc(Cl)c2)c1F. The summed E-state index contributed by atoms with van der Waals surface area (Å²) in [6, 6.07) is 8.44. The van der Waals surface area contributed by atoms with Crippen LogP contribution in [0.3, 0.4) is 0 Å². The number of amides is 1. The minimum atomic E-state index is -0.668. The van der Waals surface area contributed by atoms with E-state index in [1.807, 2.05) is 6.07 Å². The van der Waals surface area contributed by atoms with Crippen molar-refractivity contribution in [1.29, 1.82) is 0 Å². The maximum atomic E-state index is 13.9. The monoisotopic (exact) mass is 293 g/mol. The average molecular weight is 294 g/mol. The van der Waals surface area contributed by atoms with Crippen molar-refractivity contribution >= 4 is 23.3 Å². The predicted octanol–water partition coefficient (Wildman–Crippen LogP) is 2.85. The first-order chi connectivity index (χ1) is 9.61. The number of pyridine rings is 1. The maximum Gasteiger partial charge on any atom is 0.254 e. The van der Waals surface area contributed by atoms with Gasteiger partial charge < -0.3 is 10.6 Å². The summed E-state index contributed by atoms with van der Waals surface area (Å²) in [7, 11) is 1.54. The zero-order valence-electron chi connectivity index (χ0n) is 10.8. The van der Waals surface area contributed by atoms with Crippen LogP contribution in [0.4, 0.5) is 10.2 Å². The van der Waals surface area contributed by atoms with E-state index in [4.69, 9.17) is 11.6 Å². The van der Waals surface area contributed by atoms with E-state index < -0.39 is 11.7 Å². The number of halogens is 2. The second-order valence-corrected chi connectivity index (χ2v) is 4.52. The fraction of sp³-hybridized carbons (Fsp3) is 0.143. The molecule has 0 fully saturated rings. The first-order valence-electron chi connectivity index (χ1n) is 5.96. The van der Waals surface area contributed by atoms with Crippen LogP contribution in [0.25, 0.3) is 0 Å². The Balaban J connectivity index is 2.09. The molecule has 0 aliphatic rings. The third-order valence-corrected chi connectivity index (χ3v) is 2.95. The summed E-state index contributed by atoms with van der Waals surface area (Å²) < 4.78 is 13.9. The fourth-order valence-electron chi connectivity index (χ4n) is 1.72. The molecular formula is C14H13ClFN3O. The van der Waals surface area contributed by atoms with Gasteiger partial charge in [0.05, 0.1) is 5.56 Å². The Morgan fingerprint density at radius 3 is 2.90 bits per heavy atom. The van der Waals surface area contributed by atoms with Gasteiger partial charge in [0.15, 0.2) is 11.6 Å². The largest absolute Gasteiger partial charge is 0.371 e. The molecule has 6 heteroatoms. The first kappa shape index (κ1) is 14.3. The van der Waals surface area contributed by atoms with Crippen molar-refractivity contribution in [2.75, 3.05) is 12.4 Å². The Kier molecular flexibility index (Phi) is 4.53. The van der Waals surface area contributed by atoms with E-state index in [1.165, 1.54) is 12.3 Å². The highest BCUT2D eigenvalue weighted by atomic mass is 35.5. The van der Waals surface area contributed by atoms with Crippen LogP contribution in [0.2, 0.25) is 5.02 Å². The van der Waals surface area contributed by atoms with Crippen molar-refractivity contribution in [2.45, 2.75) is 6.54 Å². The molecule has 0 radical (unpaired) electrons. The molecule has 2 rings (SSSR count). The number of carbonyl (C=O) groups is 1. The summed E-state index contributed by atoms with van der Waals surface area (Å²) in [4.78, 5) is 15.7. The third-order valence-electron chi connectivity index (χ3n) is 2.71. The molecule has 1 aromatic heterocycles. The Bertz CT molecular complexity index is 634. The van der Waals surface area contributed by atoms with Crippen LogP contribution in [-0.2, 0) is 6.54 Å². The number of aromatic nitrogens is 1. The average Bonchev–Trinajstić information content (AvgIpc) is 2.45. The molecule has 0 aliphatic carbocycles. The van der Waals surface area contributed by atoms with Crippen molar-refractivity contribution in [3.05, 3.63) is 58.5 Å². The van der Waals surface area contributed by atoms with E-state index in [1.54, 1.807) is 25.2 Å². The molecule has 0 saturated heterocycles. The van der Waals surface area contributed by atoms with Crippen molar-refractivity contribution in [3.63, 3.8) is 0 Å². The van der Waals surface area contributed by atoms with Crippen LogP contribution in [-0.4, -0.2) is 17.9 Å². The first-order valence-corrected chi connectivity index (χ1v) is 6.34. The molecule has 20 heavy (non-hydrogen) atoms. The van der Waals surface area contributed by atoms with Crippen molar-refractivity contribution in [3.8, 4) is 0 Å². The number of carbonyl (C=O) groups excluding carboxylic acids is 1. The lowest BCUT2D eigenvalue weighted by Crippen LogP contribution is -2.24. The summed E-state index contributed by atoms with van der Waals surface area (Å²) >= 11 is 5.85. The zero-order chi connectivity index (χ0) is 14.5. The molecule has 2 N–H and O–H groups in total. The van der Waals surface area contributed by atoms with Crippen LogP contribution in [0.5, 0.6) is 0 Å². The van der Waals surface area contributed by atoms with Crippen LogP contribution >= 0.6 is 11.6 Å². The van der Waals surface area contributed by atoms with Gasteiger partial charge in [-0.15, -0.1) is 0 Å². The normalized spacial score (nSPS) is 10.2. The van der Waals surface area contributed by atoms with Gasteiger partial charge in [0, 0.05) is 24.8 Å². The second-order valence-electron chi connectivity index (χ2n) is 4.08. The summed E-state index contributed by atoms with van der Waals surface area (Å²) in [5.41, 5.74) is 0.792. The Morgan fingerprint density at radius 2 is 2.20 bits per heavy atom. The molecule has 1 heterocycles. The van der Waals surface area contributed by atoms with E-state index in [9.17, 15) is 9.18 Å². The molecule has 0 spiro atoms. The summed E-state index contributed by atoms with van der Waals surface area (Å²) in [5.74, 6) is -1.12. The number of nitrogens with one attached hydrogen (secondary N) is 2. The van der Waals surface area contributed by atoms with Gasteiger partial charge in [-0.05, 0) is 23.8 Å². The van der Waals surface area contributed by atoms with Crippen LogP contribution < -0.4 is 10.6 Å². The smallest absolute Gasteiger partial charge is 0.254 e. The maximum absolute atomic E-state index is 13.9. The van der Waals surface area contributed by atoms with E-state index in [2.05, 4.69) is 15.6 Å². The van der Waals surface area contributed by atoms with Gasteiger partial charge in [-0.2, -0.15) is 0 Å². The molecule has 0 bridgehead atoms. The standard InChI is InChI=1S/C14H13ClFN3O/c1-17-13-12(16)11(5-6-18-13)14(20)19-8-9-3-2-4-10(15)7-9/h2-7H,8H2,1H3,(H,17,18)(H,19,20). The molecule has 1 amide bonds. The molecular weight excluding hydrogens is 281 g/mol. The summed E-state index contributed by atoms with van der Waals surface area (Å²) in [6.45, 7) is 0.274. The fourth-order valence-corrected chi connectivity index (χ4v) is 1.93. The van der Waals surface area contributed by atoms with Gasteiger partial charge in [0.25, 0.3) is 5.91 Å². The Labute approximate surface area is 121 Å². The molecule has 0 aliphatic heterocycles. The molecule has 4 nitrogen and oxygen atoms in total. The van der Waals surface area contributed by atoms with Gasteiger partial charge in [0.2, 0.25) is 0 Å². The van der Waals surface area contributed by atoms with E-state index >= 15 is 0 Å². The number of anilines is 1. The van der Waals surface area contributed by atoms with Gasteiger partial charge >= 0.3 is 0 Å². The molecule has 0 atom stereocenters. The quantitative estimate of drug-likeness (QED) is 0.911. The van der Waals surface area contributed by atoms with Crippen molar-refractivity contribution in [1.82, 2.24) is 10.3 Å². The number of hydrogen-bond acceptors (Lipinski definition) is 3. The van der Waals surface area contributed by atoms with Crippen LogP contribution in [0, 0.1) is 5.82 Å². The minimum Gasteiger partial charge on any atom is -0.371 e. The van der Waals surface area contributed by atoms with Crippen molar-refractivity contribution < 1.29 is 9.18 Å². The topological polar surface area (TPSA) is 54.0 Å². The highest BCUT2D eigenvalue weighted by molar-refractivity contribution is 6.30. The van der Waals surface area contributed by atoms with E-state index in [0.717, 1.165) is 5.56 Å². The van der Waals surface area contributed by atoms with Gasteiger partial charge in [-0.1, -0.05) is 23.7 Å². The lowest BCUT2D eigenvalue weighted by atomic mass is 10.2. The second kappa shape index (κ2) is 6.34. The molecule has 104 valence electrons. The van der Waals surface area contributed by atoms with Crippen LogP contribution in [0.15, 0.2) is 36.5 Å². The number of nitrogens with zero attached hydrogens (tertiary/aromatic N) is 1. The molecule has 1 aromatic carbocycles. The number of rotatable bonds is 4. The Morgan fingerprint density at radius 1 is 1.40 bits per heavy atom. The molecule has 0 saturated carbocycles. The van der Waals surface area contributed by atoms with Gasteiger partial charge in [-0.3, -0.25) is 4.79 Å². The number of hydrogen-bond donors (Lipinski definition) is 2. The summed E-state index contributed by atoms with van der Waals surface area (Å²) in [6.07, 6.45) is 1.38. The predicted molar refractivity (Wildman–Crippen MR) is 76.4 cm³/mol. The van der Waals surface area contributed by atoms with Crippen LogP contribution in [0.1, 0.15) is 15.9 Å². The highest BCUT2D eigenvalue weighted by Crippen LogP contribution is 2.15. The van der Waals surface area contributed by atoms with E-state index in [-0.39, 0.29) is 17.9 Å². The summed E-state index contributed by atoms with van der Waals surface area (Å²) in [5, 5.41) is 5.82. The third kappa shape index (κ3) is 3.24. The zero-order valence-corrected chi connectivity index (χ0v) is 11.5. The molecule has 2 aromatic rings. The lowest BCUT2D eigenvalue weighted by Gasteiger charge is -2.08. The minimum absolute atomic E-state index is 0.0420. The highest BCUT2D eigenvalue weighted by Gasteiger charge is 2.15. The Hall–Kier alpha value is -2.14. The molecule has 0 unspecified atom stereocenters. The van der Waals surface area contributed by atoms with Crippen molar-refractivity contribution in [2.24, 2.45) is 0 Å².